The van der Waals surface area contributed by atoms with E-state index in [1.807, 2.05) is 6.92 Å². The Kier molecular flexibility index (Phi) is 3.40. The van der Waals surface area contributed by atoms with Gasteiger partial charge >= 0.3 is 0 Å². The van der Waals surface area contributed by atoms with E-state index < -0.39 is 6.04 Å². The lowest BCUT2D eigenvalue weighted by atomic mass is 10.1. The Hall–Kier alpha value is -1.24. The van der Waals surface area contributed by atoms with Crippen molar-refractivity contribution in [3.63, 3.8) is 0 Å². The van der Waals surface area contributed by atoms with Crippen LogP contribution in [0.15, 0.2) is 4.42 Å². The normalized spacial score (nSPS) is 23.9. The molecule has 0 aromatic carbocycles. The van der Waals surface area contributed by atoms with Crippen LogP contribution in [-0.4, -0.2) is 44.7 Å². The fourth-order valence-electron chi connectivity index (χ4n) is 2.53. The van der Waals surface area contributed by atoms with Gasteiger partial charge in [-0.25, -0.2) is 0 Å². The second-order valence-electron chi connectivity index (χ2n) is 5.72. The van der Waals surface area contributed by atoms with E-state index in [4.69, 9.17) is 4.42 Å². The number of carbonyl (C=O) groups is 2. The van der Waals surface area contributed by atoms with Crippen molar-refractivity contribution >= 4 is 27.6 Å². The molecule has 3 rings (SSSR count). The zero-order valence-corrected chi connectivity index (χ0v) is 12.9. The summed E-state index contributed by atoms with van der Waals surface area (Å²) in [5.41, 5.74) is -0.0490. The number of hydrogen-bond donors (Lipinski definition) is 0. The number of aromatic nitrogens is 2. The number of halogens is 1. The predicted molar refractivity (Wildman–Crippen MR) is 73.7 cm³/mol. The number of rotatable bonds is 4. The average Bonchev–Trinajstić information content (AvgIpc) is 2.93. The summed E-state index contributed by atoms with van der Waals surface area (Å²) in [5, 5.41) is 8.08. The van der Waals surface area contributed by atoms with E-state index in [0.29, 0.717) is 18.9 Å². The van der Waals surface area contributed by atoms with Crippen molar-refractivity contribution in [2.24, 2.45) is 0 Å². The molecular weight excluding hydrogens is 326 g/mol. The molecule has 2 fully saturated rings. The second-order valence-corrected chi connectivity index (χ2v) is 6.28. The third-order valence-electron chi connectivity index (χ3n) is 4.14. The molecule has 1 saturated heterocycles. The van der Waals surface area contributed by atoms with E-state index in [1.165, 1.54) is 0 Å². The first-order chi connectivity index (χ1) is 9.55. The van der Waals surface area contributed by atoms with Crippen LogP contribution < -0.4 is 0 Å². The van der Waals surface area contributed by atoms with Gasteiger partial charge in [0.25, 0.3) is 5.89 Å². The fraction of sp³-hybridized carbons (Fsp3) is 0.692. The van der Waals surface area contributed by atoms with Crippen LogP contribution in [-0.2, 0) is 10.2 Å². The molecule has 1 saturated carbocycles. The smallest absolute Gasteiger partial charge is 0.286 e. The first-order valence-corrected chi connectivity index (χ1v) is 7.91. The number of Topliss-reactive ketones (excluding diaryl/α,β-unsaturated/α-hetero) is 1. The minimum Gasteiger partial charge on any atom is -0.418 e. The summed E-state index contributed by atoms with van der Waals surface area (Å²) in [5.74, 6) is 0.263. The maximum absolute atomic E-state index is 12.4. The van der Waals surface area contributed by atoms with Crippen molar-refractivity contribution in [1.29, 1.82) is 0 Å². The molecule has 1 amide bonds. The van der Waals surface area contributed by atoms with E-state index in [0.717, 1.165) is 19.3 Å². The molecule has 108 valence electrons. The maximum Gasteiger partial charge on any atom is 0.286 e. The van der Waals surface area contributed by atoms with Crippen LogP contribution >= 0.6 is 15.9 Å². The molecule has 1 atom stereocenters. The second kappa shape index (κ2) is 4.95. The Balaban J connectivity index is 1.78. The van der Waals surface area contributed by atoms with E-state index in [2.05, 4.69) is 26.1 Å². The molecule has 0 spiro atoms. The minimum atomic E-state index is -0.458. The van der Waals surface area contributed by atoms with Gasteiger partial charge in [0.2, 0.25) is 17.6 Å². The van der Waals surface area contributed by atoms with Crippen molar-refractivity contribution < 1.29 is 14.0 Å². The molecule has 1 aromatic rings. The fourth-order valence-corrected chi connectivity index (χ4v) is 2.85. The first-order valence-electron chi connectivity index (χ1n) is 6.79. The number of hydrogen-bond acceptors (Lipinski definition) is 5. The summed E-state index contributed by atoms with van der Waals surface area (Å²) in [6.45, 7) is 2.66. The quantitative estimate of drug-likeness (QED) is 0.615. The molecule has 1 aliphatic heterocycles. The van der Waals surface area contributed by atoms with Gasteiger partial charge in [0.1, 0.15) is 6.04 Å². The molecule has 2 heterocycles. The molecule has 0 radical (unpaired) electrons. The molecule has 20 heavy (non-hydrogen) atoms. The molecule has 1 aromatic heterocycles. The van der Waals surface area contributed by atoms with Gasteiger partial charge in [-0.3, -0.25) is 9.59 Å². The lowest BCUT2D eigenvalue weighted by molar-refractivity contribution is -0.128. The van der Waals surface area contributed by atoms with Crippen LogP contribution in [0.5, 0.6) is 0 Å². The van der Waals surface area contributed by atoms with Crippen molar-refractivity contribution in [2.45, 2.75) is 44.1 Å². The zero-order chi connectivity index (χ0) is 14.3. The van der Waals surface area contributed by atoms with Gasteiger partial charge in [-0.2, -0.15) is 0 Å². The van der Waals surface area contributed by atoms with Gasteiger partial charge in [-0.1, -0.05) is 22.9 Å². The summed E-state index contributed by atoms with van der Waals surface area (Å²) in [7, 11) is 0. The van der Waals surface area contributed by atoms with E-state index in [1.54, 1.807) is 4.90 Å². The van der Waals surface area contributed by atoms with Gasteiger partial charge in [0, 0.05) is 12.0 Å². The van der Waals surface area contributed by atoms with E-state index >= 15 is 0 Å². The highest BCUT2D eigenvalue weighted by atomic mass is 79.9. The van der Waals surface area contributed by atoms with E-state index in [9.17, 15) is 9.59 Å². The maximum atomic E-state index is 12.4. The number of alkyl halides is 1. The Morgan fingerprint density at radius 2 is 2.20 bits per heavy atom. The van der Waals surface area contributed by atoms with Crippen molar-refractivity contribution in [2.75, 3.05) is 11.9 Å². The standard InChI is InChI=1S/C13H16BrN3O3/c1-13(4-5-13)12-16-15-11(20-12)10(19)8-3-2-6-17(8)9(18)7-14/h8H,2-7H2,1H3/t8-/m0/s1. The first kappa shape index (κ1) is 13.7. The van der Waals surface area contributed by atoms with Crippen molar-refractivity contribution in [3.8, 4) is 0 Å². The van der Waals surface area contributed by atoms with Crippen molar-refractivity contribution in [3.05, 3.63) is 11.8 Å². The number of carbonyl (C=O) groups excluding carboxylic acids is 2. The summed E-state index contributed by atoms with van der Waals surface area (Å²) in [6, 6.07) is -0.458. The van der Waals surface area contributed by atoms with Crippen LogP contribution in [0.1, 0.15) is 49.2 Å². The SMILES string of the molecule is CC1(c2nnc(C(=O)[C@@H]3CCCN3C(=O)CBr)o2)CC1. The average molecular weight is 342 g/mol. The van der Waals surface area contributed by atoms with Crippen molar-refractivity contribution in [1.82, 2.24) is 15.1 Å². The summed E-state index contributed by atoms with van der Waals surface area (Å²) in [4.78, 5) is 25.8. The Morgan fingerprint density at radius 1 is 1.45 bits per heavy atom. The topological polar surface area (TPSA) is 76.3 Å². The monoisotopic (exact) mass is 341 g/mol. The van der Waals surface area contributed by atoms with Crippen LogP contribution in [0.3, 0.4) is 0 Å². The third kappa shape index (κ3) is 2.28. The van der Waals surface area contributed by atoms with Crippen LogP contribution in [0.2, 0.25) is 0 Å². The van der Waals surface area contributed by atoms with Crippen LogP contribution in [0.4, 0.5) is 0 Å². The summed E-state index contributed by atoms with van der Waals surface area (Å²) in [6.07, 6.45) is 3.52. The number of nitrogens with zero attached hydrogens (tertiary/aromatic N) is 3. The minimum absolute atomic E-state index is 0.0346. The van der Waals surface area contributed by atoms with Crippen LogP contribution in [0, 0.1) is 0 Å². The molecule has 2 aliphatic rings. The van der Waals surface area contributed by atoms with Gasteiger partial charge in [0.15, 0.2) is 0 Å². The van der Waals surface area contributed by atoms with Gasteiger partial charge in [-0.05, 0) is 25.7 Å². The Labute approximate surface area is 125 Å². The highest BCUT2D eigenvalue weighted by Gasteiger charge is 2.45. The van der Waals surface area contributed by atoms with E-state index in [-0.39, 0.29) is 28.3 Å². The molecule has 6 nitrogen and oxygen atoms in total. The Bertz CT molecular complexity index is 553. The summed E-state index contributed by atoms with van der Waals surface area (Å²) < 4.78 is 5.53. The molecule has 0 N–H and O–H groups in total. The lowest BCUT2D eigenvalue weighted by Gasteiger charge is -2.21. The molecule has 0 unspecified atom stereocenters. The molecular formula is C13H16BrN3O3. The molecule has 7 heteroatoms. The largest absolute Gasteiger partial charge is 0.418 e. The highest BCUT2D eigenvalue weighted by Crippen LogP contribution is 2.46. The molecule has 1 aliphatic carbocycles. The summed E-state index contributed by atoms with van der Waals surface area (Å²) >= 11 is 3.14. The highest BCUT2D eigenvalue weighted by molar-refractivity contribution is 9.09. The number of amides is 1. The van der Waals surface area contributed by atoms with Crippen LogP contribution in [0.25, 0.3) is 0 Å². The van der Waals surface area contributed by atoms with Gasteiger partial charge in [-0.15, -0.1) is 10.2 Å². The van der Waals surface area contributed by atoms with Gasteiger partial charge < -0.3 is 9.32 Å². The van der Waals surface area contributed by atoms with Gasteiger partial charge in [0.05, 0.1) is 5.33 Å². The third-order valence-corrected chi connectivity index (χ3v) is 4.62. The Morgan fingerprint density at radius 3 is 2.85 bits per heavy atom. The lowest BCUT2D eigenvalue weighted by Crippen LogP contribution is -2.41. The number of ketones is 1. The molecule has 0 bridgehead atoms. The zero-order valence-electron chi connectivity index (χ0n) is 11.3. The number of likely N-dealkylation sites (tertiary alicyclic amines) is 1. The predicted octanol–water partition coefficient (Wildman–Crippen LogP) is 1.69.